The molecule has 5 heteroatoms. The number of rotatable bonds is 9. The molecule has 0 aliphatic carbocycles. The molecule has 0 bridgehead atoms. The second-order valence-corrected chi connectivity index (χ2v) is 4.01. The van der Waals surface area contributed by atoms with Crippen LogP contribution in [0.5, 0.6) is 5.75 Å². The maximum absolute atomic E-state index is 10.5. The molecule has 0 amide bonds. The maximum Gasteiger partial charge on any atom is 0.155 e. The van der Waals surface area contributed by atoms with Crippen LogP contribution in [0.25, 0.3) is 0 Å². The number of carbonyl (C=O) groups excluding carboxylic acids is 1. The summed E-state index contributed by atoms with van der Waals surface area (Å²) in [5.74, 6) is 0.851. The van der Waals surface area contributed by atoms with E-state index in [-0.39, 0.29) is 12.4 Å². The van der Waals surface area contributed by atoms with Crippen molar-refractivity contribution < 1.29 is 19.0 Å². The average Bonchev–Trinajstić information content (AvgIpc) is 2.46. The van der Waals surface area contributed by atoms with Crippen LogP contribution >= 0.6 is 0 Å². The summed E-state index contributed by atoms with van der Waals surface area (Å²) >= 11 is 0. The number of benzene rings is 1. The number of ether oxygens (including phenoxy) is 3. The van der Waals surface area contributed by atoms with Gasteiger partial charge in [-0.1, -0.05) is 18.2 Å². The first kappa shape index (κ1) is 18.6. The van der Waals surface area contributed by atoms with Crippen LogP contribution in [-0.2, 0) is 14.3 Å². The monoisotopic (exact) mass is 283 g/mol. The summed E-state index contributed by atoms with van der Waals surface area (Å²) in [4.78, 5) is 10.5. The van der Waals surface area contributed by atoms with Gasteiger partial charge in [0.15, 0.2) is 5.78 Å². The standard InChI is InChI=1S/C11H14O3.C4H11NO/c1-10(12)9-13-7-8-14-11-5-3-2-4-6-11;1-5-3-4-6-2/h2-6H,7-9H2,1H3;5H,3-4H2,1-2H3. The summed E-state index contributed by atoms with van der Waals surface area (Å²) in [5, 5.41) is 2.94. The van der Waals surface area contributed by atoms with Gasteiger partial charge < -0.3 is 19.5 Å². The number of Topliss-reactive ketones (excluding diaryl/α,β-unsaturated/α-hetero) is 1. The third-order valence-electron chi connectivity index (χ3n) is 2.10. The second-order valence-electron chi connectivity index (χ2n) is 4.01. The van der Waals surface area contributed by atoms with Crippen molar-refractivity contribution in [2.24, 2.45) is 0 Å². The molecule has 1 aromatic carbocycles. The van der Waals surface area contributed by atoms with Gasteiger partial charge in [-0.15, -0.1) is 0 Å². The highest BCUT2D eigenvalue weighted by Crippen LogP contribution is 2.07. The van der Waals surface area contributed by atoms with E-state index in [1.54, 1.807) is 7.11 Å². The third-order valence-corrected chi connectivity index (χ3v) is 2.10. The zero-order valence-electron chi connectivity index (χ0n) is 12.6. The summed E-state index contributed by atoms with van der Waals surface area (Å²) in [6.07, 6.45) is 0. The molecule has 0 radical (unpaired) electrons. The Labute approximate surface area is 121 Å². The minimum atomic E-state index is 0.0321. The Morgan fingerprint density at radius 3 is 2.35 bits per heavy atom. The van der Waals surface area contributed by atoms with Gasteiger partial charge in [0.25, 0.3) is 0 Å². The molecule has 20 heavy (non-hydrogen) atoms. The minimum Gasteiger partial charge on any atom is -0.491 e. The van der Waals surface area contributed by atoms with E-state index in [4.69, 9.17) is 14.2 Å². The molecule has 0 aliphatic heterocycles. The van der Waals surface area contributed by atoms with Gasteiger partial charge in [0, 0.05) is 13.7 Å². The first-order valence-corrected chi connectivity index (χ1v) is 6.59. The van der Waals surface area contributed by atoms with Crippen LogP contribution < -0.4 is 10.1 Å². The molecule has 0 saturated heterocycles. The molecule has 1 rings (SSSR count). The molecule has 0 spiro atoms. The molecule has 1 aromatic rings. The lowest BCUT2D eigenvalue weighted by Gasteiger charge is -2.05. The summed E-state index contributed by atoms with van der Waals surface area (Å²) in [7, 11) is 3.59. The van der Waals surface area contributed by atoms with Crippen molar-refractivity contribution >= 4 is 5.78 Å². The topological polar surface area (TPSA) is 56.8 Å². The Kier molecular flexibility index (Phi) is 13.0. The molecule has 0 atom stereocenters. The fraction of sp³-hybridized carbons (Fsp3) is 0.533. The maximum atomic E-state index is 10.5. The van der Waals surface area contributed by atoms with Crippen LogP contribution in [-0.4, -0.2) is 52.9 Å². The van der Waals surface area contributed by atoms with Crippen molar-refractivity contribution in [1.82, 2.24) is 5.32 Å². The number of hydrogen-bond acceptors (Lipinski definition) is 5. The smallest absolute Gasteiger partial charge is 0.155 e. The van der Waals surface area contributed by atoms with Crippen LogP contribution in [0.2, 0.25) is 0 Å². The highest BCUT2D eigenvalue weighted by atomic mass is 16.5. The molecule has 0 unspecified atom stereocenters. The van der Waals surface area contributed by atoms with Crippen LogP contribution in [0.1, 0.15) is 6.92 Å². The van der Waals surface area contributed by atoms with Crippen LogP contribution in [0.4, 0.5) is 0 Å². The van der Waals surface area contributed by atoms with Crippen molar-refractivity contribution in [1.29, 1.82) is 0 Å². The van der Waals surface area contributed by atoms with E-state index in [2.05, 4.69) is 5.32 Å². The number of likely N-dealkylation sites (N-methyl/N-ethyl adjacent to an activating group) is 1. The van der Waals surface area contributed by atoms with Gasteiger partial charge in [0.2, 0.25) is 0 Å². The summed E-state index contributed by atoms with van der Waals surface area (Å²) in [6, 6.07) is 9.51. The van der Waals surface area contributed by atoms with Gasteiger partial charge in [-0.2, -0.15) is 0 Å². The number of hydrogen-bond donors (Lipinski definition) is 1. The average molecular weight is 283 g/mol. The molecular weight excluding hydrogens is 258 g/mol. The van der Waals surface area contributed by atoms with Crippen molar-refractivity contribution in [3.8, 4) is 5.75 Å². The molecule has 5 nitrogen and oxygen atoms in total. The lowest BCUT2D eigenvalue weighted by Crippen LogP contribution is -2.12. The van der Waals surface area contributed by atoms with E-state index in [9.17, 15) is 4.79 Å². The molecule has 0 fully saturated rings. The van der Waals surface area contributed by atoms with Crippen molar-refractivity contribution in [3.05, 3.63) is 30.3 Å². The first-order chi connectivity index (χ1) is 9.70. The minimum absolute atomic E-state index is 0.0321. The van der Waals surface area contributed by atoms with E-state index in [1.807, 2.05) is 37.4 Å². The Morgan fingerprint density at radius 2 is 1.85 bits per heavy atom. The number of nitrogens with one attached hydrogen (secondary N) is 1. The van der Waals surface area contributed by atoms with Crippen molar-refractivity contribution in [2.75, 3.05) is 47.1 Å². The molecule has 0 heterocycles. The van der Waals surface area contributed by atoms with Crippen LogP contribution in [0.3, 0.4) is 0 Å². The molecule has 114 valence electrons. The Balaban J connectivity index is 0.000000511. The predicted octanol–water partition coefficient (Wildman–Crippen LogP) is 1.52. The van der Waals surface area contributed by atoms with Crippen LogP contribution in [0.15, 0.2) is 30.3 Å². The SMILES string of the molecule is CC(=O)COCCOc1ccccc1.CNCCOC. The fourth-order valence-corrected chi connectivity index (χ4v) is 1.16. The van der Waals surface area contributed by atoms with Gasteiger partial charge in [0.1, 0.15) is 19.0 Å². The zero-order valence-corrected chi connectivity index (χ0v) is 12.6. The Morgan fingerprint density at radius 1 is 1.15 bits per heavy atom. The van der Waals surface area contributed by atoms with E-state index in [1.165, 1.54) is 6.92 Å². The lowest BCUT2D eigenvalue weighted by atomic mass is 10.3. The number of carbonyl (C=O) groups is 1. The van der Waals surface area contributed by atoms with Gasteiger partial charge in [-0.3, -0.25) is 4.79 Å². The molecule has 1 N–H and O–H groups in total. The third kappa shape index (κ3) is 13.0. The van der Waals surface area contributed by atoms with E-state index in [0.717, 1.165) is 18.9 Å². The van der Waals surface area contributed by atoms with E-state index >= 15 is 0 Å². The van der Waals surface area contributed by atoms with Crippen molar-refractivity contribution in [3.63, 3.8) is 0 Å². The summed E-state index contributed by atoms with van der Waals surface area (Å²) in [6.45, 7) is 4.31. The highest BCUT2D eigenvalue weighted by Gasteiger charge is 1.94. The molecule has 0 aliphatic rings. The second kappa shape index (κ2) is 14.0. The first-order valence-electron chi connectivity index (χ1n) is 6.59. The molecule has 0 saturated carbocycles. The number of ketones is 1. The quantitative estimate of drug-likeness (QED) is 0.696. The van der Waals surface area contributed by atoms with Gasteiger partial charge in [-0.25, -0.2) is 0 Å². The number of para-hydroxylation sites is 1. The fourth-order valence-electron chi connectivity index (χ4n) is 1.16. The predicted molar refractivity (Wildman–Crippen MR) is 79.2 cm³/mol. The number of methoxy groups -OCH3 is 1. The summed E-state index contributed by atoms with van der Waals surface area (Å²) in [5.41, 5.74) is 0. The van der Waals surface area contributed by atoms with Crippen LogP contribution in [0, 0.1) is 0 Å². The highest BCUT2D eigenvalue weighted by molar-refractivity contribution is 5.76. The van der Waals surface area contributed by atoms with Gasteiger partial charge in [0.05, 0.1) is 13.2 Å². The lowest BCUT2D eigenvalue weighted by molar-refractivity contribution is -0.121. The zero-order chi connectivity index (χ0) is 15.1. The Bertz CT molecular complexity index is 326. The molecular formula is C15H25NO4. The molecule has 0 aromatic heterocycles. The van der Waals surface area contributed by atoms with E-state index < -0.39 is 0 Å². The van der Waals surface area contributed by atoms with Gasteiger partial charge >= 0.3 is 0 Å². The summed E-state index contributed by atoms with van der Waals surface area (Å²) < 4.78 is 15.1. The van der Waals surface area contributed by atoms with E-state index in [0.29, 0.717) is 13.2 Å². The largest absolute Gasteiger partial charge is 0.491 e. The normalized spacial score (nSPS) is 9.55. The van der Waals surface area contributed by atoms with Crippen molar-refractivity contribution in [2.45, 2.75) is 6.92 Å². The Hall–Kier alpha value is -1.43. The van der Waals surface area contributed by atoms with Gasteiger partial charge in [-0.05, 0) is 26.1 Å².